The molecule has 3 N–H and O–H groups in total. The van der Waals surface area contributed by atoms with E-state index < -0.39 is 6.04 Å². The smallest absolute Gasteiger partial charge is 0.243 e. The third-order valence-corrected chi connectivity index (χ3v) is 4.38. The van der Waals surface area contributed by atoms with Crippen LogP contribution in [0.4, 0.5) is 0 Å². The topological polar surface area (TPSA) is 74.0 Å². The van der Waals surface area contributed by atoms with Crippen LogP contribution in [-0.2, 0) is 22.6 Å². The molecule has 0 aliphatic carbocycles. The van der Waals surface area contributed by atoms with Gasteiger partial charge in [-0.2, -0.15) is 0 Å². The maximum Gasteiger partial charge on any atom is 0.243 e. The van der Waals surface area contributed by atoms with Crippen LogP contribution in [0.25, 0.3) is 10.9 Å². The molecule has 0 saturated heterocycles. The summed E-state index contributed by atoms with van der Waals surface area (Å²) in [6.45, 7) is 3.88. The van der Waals surface area contributed by atoms with E-state index in [4.69, 9.17) is 0 Å². The van der Waals surface area contributed by atoms with E-state index in [9.17, 15) is 9.59 Å². The molecule has 1 aromatic heterocycles. The first-order valence-electron chi connectivity index (χ1n) is 8.68. The number of aryl methyl sites for hydroxylation is 1. The van der Waals surface area contributed by atoms with Crippen molar-refractivity contribution in [2.75, 3.05) is 0 Å². The number of rotatable bonds is 6. The van der Waals surface area contributed by atoms with Crippen LogP contribution in [0.3, 0.4) is 0 Å². The van der Waals surface area contributed by atoms with E-state index in [0.29, 0.717) is 13.0 Å². The van der Waals surface area contributed by atoms with Crippen LogP contribution in [0.1, 0.15) is 23.6 Å². The molecule has 2 aromatic carbocycles. The molecular weight excluding hydrogens is 326 g/mol. The van der Waals surface area contributed by atoms with Crippen molar-refractivity contribution >= 4 is 22.7 Å². The standard InChI is InChI=1S/C21H23N3O2/c1-14-7-9-16(10-8-14)12-23-21(26)20(24-15(2)25)11-17-13-22-19-6-4-3-5-18(17)19/h3-10,13,20,22H,11-12H2,1-2H3,(H,23,26)(H,24,25)/t20-/m1/s1. The van der Waals surface area contributed by atoms with Gasteiger partial charge in [0.2, 0.25) is 11.8 Å². The molecule has 0 aliphatic heterocycles. The van der Waals surface area contributed by atoms with Gasteiger partial charge in [0, 0.05) is 37.0 Å². The Hall–Kier alpha value is -3.08. The number of aromatic nitrogens is 1. The zero-order chi connectivity index (χ0) is 18.5. The number of carbonyl (C=O) groups is 2. The Balaban J connectivity index is 1.71. The van der Waals surface area contributed by atoms with Crippen molar-refractivity contribution < 1.29 is 9.59 Å². The molecule has 1 atom stereocenters. The van der Waals surface area contributed by atoms with Crippen molar-refractivity contribution in [3.63, 3.8) is 0 Å². The van der Waals surface area contributed by atoms with Gasteiger partial charge >= 0.3 is 0 Å². The van der Waals surface area contributed by atoms with Gasteiger partial charge in [-0.05, 0) is 24.1 Å². The van der Waals surface area contributed by atoms with E-state index >= 15 is 0 Å². The average Bonchev–Trinajstić information content (AvgIpc) is 3.03. The largest absolute Gasteiger partial charge is 0.361 e. The molecular formula is C21H23N3O2. The number of para-hydroxylation sites is 1. The van der Waals surface area contributed by atoms with Crippen LogP contribution in [0.15, 0.2) is 54.7 Å². The number of benzene rings is 2. The summed E-state index contributed by atoms with van der Waals surface area (Å²) >= 11 is 0. The summed E-state index contributed by atoms with van der Waals surface area (Å²) < 4.78 is 0. The van der Waals surface area contributed by atoms with Gasteiger partial charge in [0.25, 0.3) is 0 Å². The van der Waals surface area contributed by atoms with Gasteiger partial charge in [0.05, 0.1) is 0 Å². The quantitative estimate of drug-likeness (QED) is 0.640. The molecule has 0 bridgehead atoms. The summed E-state index contributed by atoms with van der Waals surface area (Å²) in [5.74, 6) is -0.411. The van der Waals surface area contributed by atoms with Crippen LogP contribution in [0.5, 0.6) is 0 Å². The van der Waals surface area contributed by atoms with E-state index in [-0.39, 0.29) is 11.8 Å². The number of H-pyrrole nitrogens is 1. The molecule has 1 heterocycles. The Kier molecular flexibility index (Phi) is 5.37. The predicted molar refractivity (Wildman–Crippen MR) is 103 cm³/mol. The lowest BCUT2D eigenvalue weighted by Crippen LogP contribution is -2.47. The molecule has 26 heavy (non-hydrogen) atoms. The Morgan fingerprint density at radius 1 is 1.08 bits per heavy atom. The second-order valence-corrected chi connectivity index (χ2v) is 6.52. The van der Waals surface area contributed by atoms with Gasteiger partial charge in [-0.1, -0.05) is 48.0 Å². The van der Waals surface area contributed by atoms with Gasteiger partial charge in [-0.15, -0.1) is 0 Å². The Morgan fingerprint density at radius 2 is 1.81 bits per heavy atom. The summed E-state index contributed by atoms with van der Waals surface area (Å²) in [7, 11) is 0. The molecule has 0 fully saturated rings. The molecule has 134 valence electrons. The first-order valence-corrected chi connectivity index (χ1v) is 8.68. The summed E-state index contributed by atoms with van der Waals surface area (Å²) in [6.07, 6.45) is 2.33. The monoisotopic (exact) mass is 349 g/mol. The van der Waals surface area contributed by atoms with Crippen LogP contribution in [0.2, 0.25) is 0 Å². The highest BCUT2D eigenvalue weighted by Gasteiger charge is 2.21. The van der Waals surface area contributed by atoms with Crippen LogP contribution in [-0.4, -0.2) is 22.8 Å². The molecule has 3 rings (SSSR count). The zero-order valence-corrected chi connectivity index (χ0v) is 15.0. The molecule has 5 nitrogen and oxygen atoms in total. The Morgan fingerprint density at radius 3 is 2.54 bits per heavy atom. The molecule has 3 aromatic rings. The summed E-state index contributed by atoms with van der Waals surface area (Å²) in [6, 6.07) is 15.3. The normalized spacial score (nSPS) is 11.9. The number of carbonyl (C=O) groups excluding carboxylic acids is 2. The number of amides is 2. The van der Waals surface area contributed by atoms with Crippen LogP contribution >= 0.6 is 0 Å². The third-order valence-electron chi connectivity index (χ3n) is 4.38. The molecule has 0 spiro atoms. The lowest BCUT2D eigenvalue weighted by Gasteiger charge is -2.17. The molecule has 5 heteroatoms. The minimum atomic E-state index is -0.614. The number of nitrogens with one attached hydrogen (secondary N) is 3. The van der Waals surface area contributed by atoms with E-state index in [1.54, 1.807) is 0 Å². The van der Waals surface area contributed by atoms with Crippen molar-refractivity contribution in [3.05, 3.63) is 71.4 Å². The molecule has 2 amide bonds. The number of fused-ring (bicyclic) bond motifs is 1. The van der Waals surface area contributed by atoms with Gasteiger partial charge in [-0.3, -0.25) is 9.59 Å². The van der Waals surface area contributed by atoms with Gasteiger partial charge < -0.3 is 15.6 Å². The first kappa shape index (κ1) is 17.7. The summed E-state index contributed by atoms with van der Waals surface area (Å²) in [5, 5.41) is 6.75. The van der Waals surface area contributed by atoms with Crippen molar-refractivity contribution in [2.45, 2.75) is 32.9 Å². The highest BCUT2D eigenvalue weighted by Crippen LogP contribution is 2.19. The Labute approximate surface area is 152 Å². The van der Waals surface area contributed by atoms with Gasteiger partial charge in [0.1, 0.15) is 6.04 Å². The van der Waals surface area contributed by atoms with Gasteiger partial charge in [-0.25, -0.2) is 0 Å². The van der Waals surface area contributed by atoms with Gasteiger partial charge in [0.15, 0.2) is 0 Å². The lowest BCUT2D eigenvalue weighted by molar-refractivity contribution is -0.128. The average molecular weight is 349 g/mol. The summed E-state index contributed by atoms with van der Waals surface area (Å²) in [5.41, 5.74) is 4.22. The second kappa shape index (κ2) is 7.87. The van der Waals surface area contributed by atoms with Crippen LogP contribution in [0, 0.1) is 6.92 Å². The first-order chi connectivity index (χ1) is 12.5. The Bertz CT molecular complexity index is 912. The maximum absolute atomic E-state index is 12.6. The zero-order valence-electron chi connectivity index (χ0n) is 15.0. The maximum atomic E-state index is 12.6. The highest BCUT2D eigenvalue weighted by atomic mass is 16.2. The fourth-order valence-electron chi connectivity index (χ4n) is 2.99. The van der Waals surface area contributed by atoms with E-state index in [1.165, 1.54) is 12.5 Å². The van der Waals surface area contributed by atoms with Crippen molar-refractivity contribution in [1.29, 1.82) is 0 Å². The summed E-state index contributed by atoms with van der Waals surface area (Å²) in [4.78, 5) is 27.4. The number of hydrogen-bond donors (Lipinski definition) is 3. The van der Waals surface area contributed by atoms with E-state index in [2.05, 4.69) is 15.6 Å². The third kappa shape index (κ3) is 4.30. The molecule has 0 saturated carbocycles. The molecule has 0 unspecified atom stereocenters. The number of aromatic amines is 1. The van der Waals surface area contributed by atoms with Crippen molar-refractivity contribution in [3.8, 4) is 0 Å². The fraction of sp³-hybridized carbons (Fsp3) is 0.238. The van der Waals surface area contributed by atoms with E-state index in [1.807, 2.05) is 61.7 Å². The van der Waals surface area contributed by atoms with Crippen LogP contribution < -0.4 is 10.6 Å². The van der Waals surface area contributed by atoms with E-state index in [0.717, 1.165) is 22.0 Å². The number of hydrogen-bond acceptors (Lipinski definition) is 2. The van der Waals surface area contributed by atoms with Crippen molar-refractivity contribution in [2.24, 2.45) is 0 Å². The SMILES string of the molecule is CC(=O)N[C@H](Cc1c[nH]c2ccccc12)C(=O)NCc1ccc(C)cc1. The lowest BCUT2D eigenvalue weighted by atomic mass is 10.0. The molecule has 0 radical (unpaired) electrons. The molecule has 0 aliphatic rings. The minimum absolute atomic E-state index is 0.189. The predicted octanol–water partition coefficient (Wildman–Crippen LogP) is 2.84. The van der Waals surface area contributed by atoms with Crippen molar-refractivity contribution in [1.82, 2.24) is 15.6 Å². The second-order valence-electron chi connectivity index (χ2n) is 6.52. The minimum Gasteiger partial charge on any atom is -0.361 e. The fourth-order valence-corrected chi connectivity index (χ4v) is 2.99. The highest BCUT2D eigenvalue weighted by molar-refractivity contribution is 5.89.